The van der Waals surface area contributed by atoms with Gasteiger partial charge in [0.1, 0.15) is 0 Å². The van der Waals surface area contributed by atoms with Crippen LogP contribution in [-0.4, -0.2) is 26.8 Å². The van der Waals surface area contributed by atoms with Crippen molar-refractivity contribution in [1.29, 1.82) is 0 Å². The molecule has 0 spiro atoms. The molecule has 0 aliphatic carbocycles. The van der Waals surface area contributed by atoms with Crippen LogP contribution in [0.1, 0.15) is 0 Å². The molecule has 1 heterocycles. The number of amides is 1. The lowest BCUT2D eigenvalue weighted by Crippen LogP contribution is -2.14. The number of aromatic amines is 1. The predicted molar refractivity (Wildman–Crippen MR) is 113 cm³/mol. The average molecular weight is 439 g/mol. The number of hydrogen-bond donors (Lipinski definition) is 2. The SMILES string of the molecule is O=C(CSc1n[nH]c(-c2ccccc2Br)n1)Nc1cccc2ccccc12. The summed E-state index contributed by atoms with van der Waals surface area (Å²) < 4.78 is 0.936. The van der Waals surface area contributed by atoms with Crippen LogP contribution in [0, 0.1) is 0 Å². The van der Waals surface area contributed by atoms with Crippen molar-refractivity contribution in [1.82, 2.24) is 15.2 Å². The lowest BCUT2D eigenvalue weighted by atomic mass is 10.1. The molecule has 0 saturated heterocycles. The molecule has 1 aromatic heterocycles. The number of benzene rings is 3. The molecule has 0 fully saturated rings. The summed E-state index contributed by atoms with van der Waals surface area (Å²) in [5.41, 5.74) is 1.74. The summed E-state index contributed by atoms with van der Waals surface area (Å²) >= 11 is 4.80. The number of halogens is 1. The van der Waals surface area contributed by atoms with Crippen molar-refractivity contribution in [3.63, 3.8) is 0 Å². The fraction of sp³-hybridized carbons (Fsp3) is 0.0500. The fourth-order valence-electron chi connectivity index (χ4n) is 2.74. The van der Waals surface area contributed by atoms with Gasteiger partial charge in [0.15, 0.2) is 5.82 Å². The van der Waals surface area contributed by atoms with Gasteiger partial charge in [0.2, 0.25) is 11.1 Å². The molecule has 134 valence electrons. The van der Waals surface area contributed by atoms with Gasteiger partial charge in [-0.1, -0.05) is 82.3 Å². The van der Waals surface area contributed by atoms with Crippen molar-refractivity contribution < 1.29 is 4.79 Å². The summed E-state index contributed by atoms with van der Waals surface area (Å²) in [6.07, 6.45) is 0. The first-order valence-corrected chi connectivity index (χ1v) is 10.1. The Morgan fingerprint density at radius 3 is 2.70 bits per heavy atom. The first kappa shape index (κ1) is 17.8. The second kappa shape index (κ2) is 7.94. The van der Waals surface area contributed by atoms with Crippen molar-refractivity contribution in [3.05, 3.63) is 71.2 Å². The summed E-state index contributed by atoms with van der Waals surface area (Å²) in [5, 5.41) is 12.7. The van der Waals surface area contributed by atoms with E-state index in [2.05, 4.69) is 36.4 Å². The maximum absolute atomic E-state index is 12.4. The van der Waals surface area contributed by atoms with Gasteiger partial charge in [-0.3, -0.25) is 9.89 Å². The molecule has 2 N–H and O–H groups in total. The molecule has 7 heteroatoms. The Labute approximate surface area is 168 Å². The Kier molecular flexibility index (Phi) is 5.22. The molecule has 0 radical (unpaired) electrons. The first-order chi connectivity index (χ1) is 13.2. The molecule has 5 nitrogen and oxygen atoms in total. The van der Waals surface area contributed by atoms with Crippen molar-refractivity contribution in [2.75, 3.05) is 11.1 Å². The van der Waals surface area contributed by atoms with Gasteiger partial charge < -0.3 is 5.32 Å². The third kappa shape index (κ3) is 4.04. The van der Waals surface area contributed by atoms with E-state index in [0.29, 0.717) is 11.0 Å². The summed E-state index contributed by atoms with van der Waals surface area (Å²) in [5.74, 6) is 0.805. The van der Waals surface area contributed by atoms with E-state index < -0.39 is 0 Å². The van der Waals surface area contributed by atoms with Crippen LogP contribution in [0.4, 0.5) is 5.69 Å². The lowest BCUT2D eigenvalue weighted by Gasteiger charge is -2.08. The number of thioether (sulfide) groups is 1. The number of aromatic nitrogens is 3. The monoisotopic (exact) mass is 438 g/mol. The quantitative estimate of drug-likeness (QED) is 0.424. The fourth-order valence-corrected chi connectivity index (χ4v) is 3.81. The van der Waals surface area contributed by atoms with Crippen molar-refractivity contribution in [2.45, 2.75) is 5.16 Å². The van der Waals surface area contributed by atoms with E-state index in [-0.39, 0.29) is 11.7 Å². The highest BCUT2D eigenvalue weighted by Gasteiger charge is 2.11. The molecular weight excluding hydrogens is 424 g/mol. The molecule has 0 aliphatic rings. The smallest absolute Gasteiger partial charge is 0.234 e. The van der Waals surface area contributed by atoms with Crippen LogP contribution >= 0.6 is 27.7 Å². The van der Waals surface area contributed by atoms with Gasteiger partial charge in [0, 0.05) is 21.1 Å². The second-order valence-electron chi connectivity index (χ2n) is 5.81. The van der Waals surface area contributed by atoms with Crippen LogP contribution in [0.15, 0.2) is 76.4 Å². The molecule has 0 saturated carbocycles. The zero-order valence-electron chi connectivity index (χ0n) is 14.1. The minimum absolute atomic E-state index is 0.0939. The minimum Gasteiger partial charge on any atom is -0.325 e. The zero-order valence-corrected chi connectivity index (χ0v) is 16.5. The van der Waals surface area contributed by atoms with Gasteiger partial charge in [-0.05, 0) is 17.5 Å². The number of fused-ring (bicyclic) bond motifs is 1. The number of carbonyl (C=O) groups excluding carboxylic acids is 1. The number of nitrogens with zero attached hydrogens (tertiary/aromatic N) is 2. The van der Waals surface area contributed by atoms with Crippen LogP contribution in [0.3, 0.4) is 0 Å². The summed E-state index contributed by atoms with van der Waals surface area (Å²) in [4.78, 5) is 16.8. The molecule has 0 unspecified atom stereocenters. The standard InChI is InChI=1S/C20H15BrN4OS/c21-16-10-4-3-9-15(16)19-23-20(25-24-19)27-12-18(26)22-17-11-5-7-13-6-1-2-8-14(13)17/h1-11H,12H2,(H,22,26)(H,23,24,25). The molecule has 3 aromatic carbocycles. The van der Waals surface area contributed by atoms with Crippen LogP contribution in [0.5, 0.6) is 0 Å². The number of anilines is 1. The molecule has 0 aliphatic heterocycles. The molecule has 0 bridgehead atoms. The maximum atomic E-state index is 12.4. The lowest BCUT2D eigenvalue weighted by molar-refractivity contribution is -0.113. The van der Waals surface area contributed by atoms with E-state index in [4.69, 9.17) is 0 Å². The Bertz CT molecular complexity index is 1110. The number of hydrogen-bond acceptors (Lipinski definition) is 4. The highest BCUT2D eigenvalue weighted by atomic mass is 79.9. The molecule has 1 amide bonds. The van der Waals surface area contributed by atoms with Gasteiger partial charge in [-0.2, -0.15) is 0 Å². The second-order valence-corrected chi connectivity index (χ2v) is 7.61. The van der Waals surface area contributed by atoms with Gasteiger partial charge in [-0.15, -0.1) is 5.10 Å². The Morgan fingerprint density at radius 2 is 1.81 bits per heavy atom. The molecule has 0 atom stereocenters. The van der Waals surface area contributed by atoms with Crippen molar-refractivity contribution >= 4 is 50.1 Å². The van der Waals surface area contributed by atoms with E-state index in [1.807, 2.05) is 66.7 Å². The van der Waals surface area contributed by atoms with Crippen LogP contribution in [-0.2, 0) is 4.79 Å². The van der Waals surface area contributed by atoms with E-state index in [9.17, 15) is 4.79 Å². The van der Waals surface area contributed by atoms with Gasteiger partial charge in [-0.25, -0.2) is 4.98 Å². The molecular formula is C20H15BrN4OS. The first-order valence-electron chi connectivity index (χ1n) is 8.28. The number of nitrogens with one attached hydrogen (secondary N) is 2. The molecule has 4 rings (SSSR count). The maximum Gasteiger partial charge on any atom is 0.234 e. The van der Waals surface area contributed by atoms with E-state index in [1.54, 1.807) is 0 Å². The third-order valence-electron chi connectivity index (χ3n) is 3.99. The Morgan fingerprint density at radius 1 is 1.04 bits per heavy atom. The Hall–Kier alpha value is -2.64. The van der Waals surface area contributed by atoms with E-state index in [0.717, 1.165) is 26.5 Å². The van der Waals surface area contributed by atoms with Crippen LogP contribution < -0.4 is 5.32 Å². The van der Waals surface area contributed by atoms with Gasteiger partial charge in [0.05, 0.1) is 5.75 Å². The highest BCUT2D eigenvalue weighted by Crippen LogP contribution is 2.27. The van der Waals surface area contributed by atoms with Crippen molar-refractivity contribution in [2.24, 2.45) is 0 Å². The van der Waals surface area contributed by atoms with Crippen LogP contribution in [0.2, 0.25) is 0 Å². The van der Waals surface area contributed by atoms with Crippen molar-refractivity contribution in [3.8, 4) is 11.4 Å². The van der Waals surface area contributed by atoms with Gasteiger partial charge >= 0.3 is 0 Å². The highest BCUT2D eigenvalue weighted by molar-refractivity contribution is 9.10. The Balaban J connectivity index is 1.42. The number of rotatable bonds is 5. The van der Waals surface area contributed by atoms with Crippen LogP contribution in [0.25, 0.3) is 22.2 Å². The molecule has 4 aromatic rings. The summed E-state index contributed by atoms with van der Waals surface area (Å²) in [6, 6.07) is 21.6. The van der Waals surface area contributed by atoms with Gasteiger partial charge in [0.25, 0.3) is 0 Å². The average Bonchev–Trinajstić information content (AvgIpc) is 3.16. The largest absolute Gasteiger partial charge is 0.325 e. The minimum atomic E-state index is -0.0939. The topological polar surface area (TPSA) is 70.7 Å². The molecule has 27 heavy (non-hydrogen) atoms. The third-order valence-corrected chi connectivity index (χ3v) is 5.53. The predicted octanol–water partition coefficient (Wildman–Crippen LogP) is 5.12. The van der Waals surface area contributed by atoms with E-state index in [1.165, 1.54) is 11.8 Å². The summed E-state index contributed by atoms with van der Waals surface area (Å²) in [7, 11) is 0. The van der Waals surface area contributed by atoms with E-state index >= 15 is 0 Å². The zero-order chi connectivity index (χ0) is 18.6. The number of carbonyl (C=O) groups is 1. The normalized spacial score (nSPS) is 10.9. The summed E-state index contributed by atoms with van der Waals surface area (Å²) in [6.45, 7) is 0. The number of H-pyrrole nitrogens is 1.